The molecule has 0 unspecified atom stereocenters. The Hall–Kier alpha value is -4.33. The Bertz CT molecular complexity index is 1980. The quantitative estimate of drug-likeness (QED) is 0.153. The highest BCUT2D eigenvalue weighted by Gasteiger charge is 2.36. The van der Waals surface area contributed by atoms with Gasteiger partial charge in [0, 0.05) is 18.0 Å². The summed E-state index contributed by atoms with van der Waals surface area (Å²) in [6, 6.07) is 16.4. The minimum absolute atomic E-state index is 0. The molecule has 0 bridgehead atoms. The molecule has 5 heterocycles. The van der Waals surface area contributed by atoms with Crippen molar-refractivity contribution in [1.29, 1.82) is 0 Å². The van der Waals surface area contributed by atoms with Crippen LogP contribution in [-0.4, -0.2) is 41.8 Å². The first-order valence-corrected chi connectivity index (χ1v) is 14.3. The van der Waals surface area contributed by atoms with Crippen LogP contribution in [0.25, 0.3) is 32.9 Å². The lowest BCUT2D eigenvalue weighted by atomic mass is 10.0. The largest absolute Gasteiger partial charge is 0.462 e. The van der Waals surface area contributed by atoms with E-state index in [9.17, 15) is 18.0 Å². The molecular weight excluding hydrogens is 633 g/mol. The molecule has 6 aromatic rings. The van der Waals surface area contributed by atoms with Crippen molar-refractivity contribution in [3.05, 3.63) is 100 Å². The van der Waals surface area contributed by atoms with E-state index in [-0.39, 0.29) is 35.1 Å². The number of thiocarbonyl (C=S) groups is 1. The molecule has 0 aliphatic heterocycles. The van der Waals surface area contributed by atoms with E-state index in [0.29, 0.717) is 21.3 Å². The van der Waals surface area contributed by atoms with Crippen molar-refractivity contribution in [2.24, 2.45) is 5.73 Å². The second kappa shape index (κ2) is 13.1. The van der Waals surface area contributed by atoms with E-state index < -0.39 is 17.7 Å². The minimum atomic E-state index is -4.59. The van der Waals surface area contributed by atoms with E-state index in [1.165, 1.54) is 18.2 Å². The number of carbonyl (C=O) groups is 1. The van der Waals surface area contributed by atoms with Crippen molar-refractivity contribution in [2.75, 3.05) is 6.61 Å². The zero-order valence-corrected chi connectivity index (χ0v) is 26.1. The van der Waals surface area contributed by atoms with Crippen LogP contribution in [0.4, 0.5) is 13.2 Å². The molecule has 2 N–H and O–H groups in total. The molecular formula is C30H26ClF3N6O2S2. The molecule has 0 aliphatic rings. The fraction of sp³-hybridized carbons (Fsp3) is 0.167. The highest BCUT2D eigenvalue weighted by Crippen LogP contribution is 2.42. The second-order valence-corrected chi connectivity index (χ2v) is 10.7. The lowest BCUT2D eigenvalue weighted by Gasteiger charge is -2.12. The molecule has 0 saturated heterocycles. The number of aryl methyl sites for hydroxylation is 2. The molecule has 0 radical (unpaired) electrons. The van der Waals surface area contributed by atoms with Crippen molar-refractivity contribution >= 4 is 58.0 Å². The number of ether oxygens (including phenoxy) is 1. The maximum Gasteiger partial charge on any atom is 0.417 e. The lowest BCUT2D eigenvalue weighted by molar-refractivity contribution is -0.137. The van der Waals surface area contributed by atoms with Crippen molar-refractivity contribution in [2.45, 2.75) is 26.9 Å². The molecule has 0 spiro atoms. The van der Waals surface area contributed by atoms with Crippen molar-refractivity contribution in [1.82, 2.24) is 24.2 Å². The molecule has 0 aliphatic carbocycles. The Labute approximate surface area is 265 Å². The van der Waals surface area contributed by atoms with Gasteiger partial charge in [-0.05, 0) is 51.1 Å². The lowest BCUT2D eigenvalue weighted by Crippen LogP contribution is -2.10. The van der Waals surface area contributed by atoms with E-state index in [2.05, 4.69) is 15.2 Å². The second-order valence-electron chi connectivity index (χ2n) is 9.31. The normalized spacial score (nSPS) is 11.1. The van der Waals surface area contributed by atoms with Gasteiger partial charge in [0.25, 0.3) is 0 Å². The molecule has 0 saturated carbocycles. The number of rotatable bonds is 5. The Kier molecular flexibility index (Phi) is 9.72. The SMILES string of the molecule is CCOC(=O)c1sc(-c2c(C)nn3ccccc23)nc1-c1ccccc1C(F)(F)F.Cc1nn2ccccc2c1C(N)=S.Cl. The predicted octanol–water partition coefficient (Wildman–Crippen LogP) is 7.33. The van der Waals surface area contributed by atoms with Gasteiger partial charge in [0.1, 0.15) is 14.9 Å². The average Bonchev–Trinajstić information content (AvgIpc) is 3.64. The third kappa shape index (κ3) is 6.30. The molecule has 5 aromatic heterocycles. The number of nitrogens with two attached hydrogens (primary N) is 1. The number of alkyl halides is 3. The van der Waals surface area contributed by atoms with Crippen LogP contribution in [0.3, 0.4) is 0 Å². The van der Waals surface area contributed by atoms with E-state index in [1.54, 1.807) is 29.1 Å². The summed E-state index contributed by atoms with van der Waals surface area (Å²) in [6.45, 7) is 5.43. The summed E-state index contributed by atoms with van der Waals surface area (Å²) < 4.78 is 49.4. The van der Waals surface area contributed by atoms with Crippen molar-refractivity contribution < 1.29 is 22.7 Å². The van der Waals surface area contributed by atoms with Crippen LogP contribution in [0.5, 0.6) is 0 Å². The Morgan fingerprint density at radius 3 is 2.18 bits per heavy atom. The molecule has 228 valence electrons. The van der Waals surface area contributed by atoms with Gasteiger partial charge in [0.05, 0.1) is 51.4 Å². The predicted molar refractivity (Wildman–Crippen MR) is 170 cm³/mol. The molecule has 0 atom stereocenters. The summed E-state index contributed by atoms with van der Waals surface area (Å²) in [7, 11) is 0. The van der Waals surface area contributed by atoms with Crippen LogP contribution >= 0.6 is 36.0 Å². The molecule has 6 rings (SSSR count). The topological polar surface area (TPSA) is 99.8 Å². The Morgan fingerprint density at radius 2 is 1.55 bits per heavy atom. The molecule has 0 fully saturated rings. The number of aromatic nitrogens is 5. The van der Waals surface area contributed by atoms with E-state index in [1.807, 2.05) is 49.5 Å². The molecule has 44 heavy (non-hydrogen) atoms. The number of fused-ring (bicyclic) bond motifs is 2. The van der Waals surface area contributed by atoms with Gasteiger partial charge in [-0.3, -0.25) is 0 Å². The number of carbonyl (C=O) groups excluding carboxylic acids is 1. The number of esters is 1. The van der Waals surface area contributed by atoms with Gasteiger partial charge < -0.3 is 10.5 Å². The third-order valence-electron chi connectivity index (χ3n) is 6.47. The summed E-state index contributed by atoms with van der Waals surface area (Å²) in [5.74, 6) is -0.706. The van der Waals surface area contributed by atoms with Gasteiger partial charge in [0.15, 0.2) is 0 Å². The summed E-state index contributed by atoms with van der Waals surface area (Å²) >= 11 is 5.96. The fourth-order valence-corrected chi connectivity index (χ4v) is 6.01. The zero-order chi connectivity index (χ0) is 30.9. The summed E-state index contributed by atoms with van der Waals surface area (Å²) in [4.78, 5) is 17.5. The van der Waals surface area contributed by atoms with Crippen LogP contribution < -0.4 is 5.73 Å². The first-order valence-electron chi connectivity index (χ1n) is 13.0. The first-order chi connectivity index (χ1) is 20.5. The number of thiazole rings is 1. The van der Waals surface area contributed by atoms with Crippen molar-refractivity contribution in [3.63, 3.8) is 0 Å². The van der Waals surface area contributed by atoms with Crippen LogP contribution in [0.15, 0.2) is 73.1 Å². The van der Waals surface area contributed by atoms with Gasteiger partial charge in [-0.1, -0.05) is 42.5 Å². The molecule has 0 amide bonds. The first kappa shape index (κ1) is 32.6. The standard InChI is InChI=1S/C21H16F3N3O2S.C9H9N3S.ClH/c1-3-29-20(28)18-17(13-8-4-5-9-14(13)21(22,23)24)25-19(30-18)16-12(2)26-27-11-7-6-10-15(16)27;1-6-8(9(10)13)7-4-2-3-5-12(7)11-6;/h4-11H,3H2,1-2H3;2-5H,1H3,(H2,10,13);1H. The summed E-state index contributed by atoms with van der Waals surface area (Å²) in [6.07, 6.45) is -0.942. The monoisotopic (exact) mass is 658 g/mol. The number of hydrogen-bond acceptors (Lipinski definition) is 7. The minimum Gasteiger partial charge on any atom is -0.462 e. The van der Waals surface area contributed by atoms with Crippen LogP contribution in [0.1, 0.15) is 39.1 Å². The van der Waals surface area contributed by atoms with Crippen LogP contribution in [-0.2, 0) is 10.9 Å². The fourth-order valence-electron chi connectivity index (χ4n) is 4.68. The molecule has 14 heteroatoms. The average molecular weight is 659 g/mol. The number of hydrogen-bond donors (Lipinski definition) is 1. The number of nitrogens with zero attached hydrogens (tertiary/aromatic N) is 5. The highest BCUT2D eigenvalue weighted by atomic mass is 35.5. The number of halogens is 4. The van der Waals surface area contributed by atoms with E-state index in [0.717, 1.165) is 39.7 Å². The van der Waals surface area contributed by atoms with Gasteiger partial charge >= 0.3 is 12.1 Å². The highest BCUT2D eigenvalue weighted by molar-refractivity contribution is 7.80. The zero-order valence-electron chi connectivity index (χ0n) is 23.6. The van der Waals surface area contributed by atoms with E-state index >= 15 is 0 Å². The van der Waals surface area contributed by atoms with Crippen molar-refractivity contribution in [3.8, 4) is 21.8 Å². The maximum atomic E-state index is 13.6. The van der Waals surface area contributed by atoms with Gasteiger partial charge in [0.2, 0.25) is 0 Å². The van der Waals surface area contributed by atoms with Crippen LogP contribution in [0.2, 0.25) is 0 Å². The van der Waals surface area contributed by atoms with Gasteiger partial charge in [-0.2, -0.15) is 23.4 Å². The van der Waals surface area contributed by atoms with Gasteiger partial charge in [-0.15, -0.1) is 23.7 Å². The number of pyridine rings is 2. The molecule has 1 aromatic carbocycles. The summed E-state index contributed by atoms with van der Waals surface area (Å²) in [5, 5.41) is 9.12. The summed E-state index contributed by atoms with van der Waals surface area (Å²) in [5.41, 5.74) is 9.32. The van der Waals surface area contributed by atoms with E-state index in [4.69, 9.17) is 22.7 Å². The Balaban J connectivity index is 0.000000264. The maximum absolute atomic E-state index is 13.6. The molecule has 8 nitrogen and oxygen atoms in total. The third-order valence-corrected chi connectivity index (χ3v) is 7.72. The van der Waals surface area contributed by atoms with Gasteiger partial charge in [-0.25, -0.2) is 18.8 Å². The van der Waals surface area contributed by atoms with Crippen LogP contribution in [0, 0.1) is 13.8 Å². The smallest absolute Gasteiger partial charge is 0.417 e. The Morgan fingerprint density at radius 1 is 0.955 bits per heavy atom. The number of benzene rings is 1.